The van der Waals surface area contributed by atoms with Crippen LogP contribution < -0.4 is 10.0 Å². The number of phenolic OH excluding ortho intramolecular Hbond substituents is 1. The molecule has 0 amide bonds. The molecule has 0 fully saturated rings. The first-order valence-electron chi connectivity index (χ1n) is 11.1. The topological polar surface area (TPSA) is 145 Å². The molecule has 9 nitrogen and oxygen atoms in total. The number of aliphatic hydroxyl groups is 2. The molecule has 4 rings (SSSR count). The highest BCUT2D eigenvalue weighted by Crippen LogP contribution is 2.30. The predicted octanol–water partition coefficient (Wildman–Crippen LogP) is 3.34. The van der Waals surface area contributed by atoms with Gasteiger partial charge in [-0.15, -0.1) is 0 Å². The number of aliphatic hydroxyl groups excluding tert-OH is 2. The molecule has 1 heterocycles. The Bertz CT molecular complexity index is 1430. The van der Waals surface area contributed by atoms with Gasteiger partial charge in [0.1, 0.15) is 5.75 Å². The molecule has 0 bridgehead atoms. The van der Waals surface area contributed by atoms with Gasteiger partial charge in [0.15, 0.2) is 11.6 Å². The summed E-state index contributed by atoms with van der Waals surface area (Å²) in [6, 6.07) is 18.2. The van der Waals surface area contributed by atoms with E-state index in [4.69, 9.17) is 5.11 Å². The van der Waals surface area contributed by atoms with Crippen LogP contribution in [0.2, 0.25) is 0 Å². The molecule has 0 radical (unpaired) electrons. The SMILES string of the molecule is O=S(=O)(Nc1nc2ccccc2nc1Nc1cc(O)ccc1CCO)c1ccc(CCCO)cc1. The Labute approximate surface area is 203 Å². The van der Waals surface area contributed by atoms with E-state index in [1.165, 1.54) is 24.3 Å². The largest absolute Gasteiger partial charge is 0.508 e. The Hall–Kier alpha value is -3.73. The van der Waals surface area contributed by atoms with E-state index in [1.807, 2.05) is 0 Å². The first kappa shape index (κ1) is 24.4. The second kappa shape index (κ2) is 10.7. The van der Waals surface area contributed by atoms with E-state index in [-0.39, 0.29) is 35.5 Å². The lowest BCUT2D eigenvalue weighted by atomic mass is 10.1. The first-order valence-corrected chi connectivity index (χ1v) is 12.6. The zero-order valence-corrected chi connectivity index (χ0v) is 19.7. The molecule has 0 saturated carbocycles. The monoisotopic (exact) mass is 494 g/mol. The summed E-state index contributed by atoms with van der Waals surface area (Å²) in [5.41, 5.74) is 3.16. The van der Waals surface area contributed by atoms with Crippen molar-refractivity contribution < 1.29 is 23.7 Å². The van der Waals surface area contributed by atoms with Crippen LogP contribution in [0.15, 0.2) is 71.6 Å². The van der Waals surface area contributed by atoms with Crippen LogP contribution in [0.4, 0.5) is 17.3 Å². The molecule has 3 aromatic carbocycles. The Balaban J connectivity index is 1.72. The van der Waals surface area contributed by atoms with E-state index < -0.39 is 10.0 Å². The average Bonchev–Trinajstić information content (AvgIpc) is 2.85. The van der Waals surface area contributed by atoms with E-state index in [2.05, 4.69) is 20.0 Å². The van der Waals surface area contributed by atoms with Gasteiger partial charge < -0.3 is 20.6 Å². The lowest BCUT2D eigenvalue weighted by Crippen LogP contribution is -2.16. The number of nitrogens with zero attached hydrogens (tertiary/aromatic N) is 2. The fraction of sp³-hybridized carbons (Fsp3) is 0.200. The van der Waals surface area contributed by atoms with E-state index >= 15 is 0 Å². The molecule has 10 heteroatoms. The minimum atomic E-state index is -3.99. The molecule has 182 valence electrons. The highest BCUT2D eigenvalue weighted by atomic mass is 32.2. The summed E-state index contributed by atoms with van der Waals surface area (Å²) >= 11 is 0. The molecule has 0 spiro atoms. The standard InChI is InChI=1S/C25H26N4O5S/c30-14-3-4-17-7-11-20(12-8-17)35(33,34)29-25-24(26-21-5-1-2-6-22(21)27-25)28-23-16-19(32)10-9-18(23)13-15-31/h1-2,5-12,16,30-32H,3-4,13-15H2,(H,26,28)(H,27,29). The van der Waals surface area contributed by atoms with E-state index in [9.17, 15) is 18.6 Å². The molecule has 35 heavy (non-hydrogen) atoms. The highest BCUT2D eigenvalue weighted by Gasteiger charge is 2.20. The van der Waals surface area contributed by atoms with Gasteiger partial charge >= 0.3 is 0 Å². The maximum atomic E-state index is 13.2. The number of sulfonamides is 1. The lowest BCUT2D eigenvalue weighted by molar-refractivity contribution is 0.288. The number of aromatic nitrogens is 2. The number of para-hydroxylation sites is 2. The number of rotatable bonds is 10. The fourth-order valence-corrected chi connectivity index (χ4v) is 4.62. The fourth-order valence-electron chi connectivity index (χ4n) is 3.61. The average molecular weight is 495 g/mol. The molecular weight excluding hydrogens is 468 g/mol. The Kier molecular flexibility index (Phi) is 7.45. The summed E-state index contributed by atoms with van der Waals surface area (Å²) in [4.78, 5) is 9.10. The maximum absolute atomic E-state index is 13.2. The quantitative estimate of drug-likeness (QED) is 0.226. The van der Waals surface area contributed by atoms with Crippen LogP contribution in [0, 0.1) is 0 Å². The second-order valence-corrected chi connectivity index (χ2v) is 9.61. The summed E-state index contributed by atoms with van der Waals surface area (Å²) < 4.78 is 28.9. The third kappa shape index (κ3) is 5.86. The summed E-state index contributed by atoms with van der Waals surface area (Å²) in [6.07, 6.45) is 1.57. The molecule has 0 unspecified atom stereocenters. The summed E-state index contributed by atoms with van der Waals surface area (Å²) in [6.45, 7) is -0.0339. The second-order valence-electron chi connectivity index (χ2n) is 7.93. The Morgan fingerprint density at radius 2 is 1.49 bits per heavy atom. The third-order valence-electron chi connectivity index (χ3n) is 5.39. The molecule has 4 aromatic rings. The van der Waals surface area contributed by atoms with Gasteiger partial charge in [-0.3, -0.25) is 4.72 Å². The zero-order valence-electron chi connectivity index (χ0n) is 18.8. The van der Waals surface area contributed by atoms with Crippen molar-refractivity contribution in [2.45, 2.75) is 24.2 Å². The van der Waals surface area contributed by atoms with Gasteiger partial charge in [0.2, 0.25) is 0 Å². The van der Waals surface area contributed by atoms with Gasteiger partial charge in [0.25, 0.3) is 10.0 Å². The molecule has 0 aliphatic rings. The van der Waals surface area contributed by atoms with Crippen molar-refractivity contribution in [2.24, 2.45) is 0 Å². The van der Waals surface area contributed by atoms with Gasteiger partial charge in [-0.05, 0) is 60.7 Å². The van der Waals surface area contributed by atoms with Crippen LogP contribution in [-0.2, 0) is 22.9 Å². The smallest absolute Gasteiger partial charge is 0.263 e. The van der Waals surface area contributed by atoms with Crippen molar-refractivity contribution in [1.29, 1.82) is 0 Å². The highest BCUT2D eigenvalue weighted by molar-refractivity contribution is 7.92. The number of hydrogen-bond acceptors (Lipinski definition) is 8. The number of fused-ring (bicyclic) bond motifs is 1. The number of benzene rings is 3. The summed E-state index contributed by atoms with van der Waals surface area (Å²) in [5, 5.41) is 31.4. The lowest BCUT2D eigenvalue weighted by Gasteiger charge is -2.16. The van der Waals surface area contributed by atoms with Crippen LogP contribution >= 0.6 is 0 Å². The molecule has 1 aromatic heterocycles. The first-order chi connectivity index (χ1) is 16.9. The van der Waals surface area contributed by atoms with Crippen molar-refractivity contribution in [3.63, 3.8) is 0 Å². The molecule has 5 N–H and O–H groups in total. The van der Waals surface area contributed by atoms with Crippen LogP contribution in [0.3, 0.4) is 0 Å². The van der Waals surface area contributed by atoms with E-state index in [0.717, 1.165) is 5.56 Å². The number of nitrogens with one attached hydrogen (secondary N) is 2. The van der Waals surface area contributed by atoms with Crippen molar-refractivity contribution in [1.82, 2.24) is 9.97 Å². The predicted molar refractivity (Wildman–Crippen MR) is 134 cm³/mol. The van der Waals surface area contributed by atoms with Crippen molar-refractivity contribution in [3.05, 3.63) is 77.9 Å². The number of anilines is 3. The number of aromatic hydroxyl groups is 1. The molecule has 0 saturated heterocycles. The molecule has 0 aliphatic carbocycles. The normalized spacial score (nSPS) is 11.5. The molecule has 0 aliphatic heterocycles. The number of phenols is 1. The number of aryl methyl sites for hydroxylation is 1. The van der Waals surface area contributed by atoms with Crippen LogP contribution in [0.25, 0.3) is 11.0 Å². The van der Waals surface area contributed by atoms with Crippen molar-refractivity contribution >= 4 is 38.4 Å². The van der Waals surface area contributed by atoms with Gasteiger partial charge in [0.05, 0.1) is 15.9 Å². The van der Waals surface area contributed by atoms with Crippen LogP contribution in [0.1, 0.15) is 17.5 Å². The van der Waals surface area contributed by atoms with E-state index in [0.29, 0.717) is 41.5 Å². The Morgan fingerprint density at radius 3 is 2.14 bits per heavy atom. The minimum absolute atomic E-state index is 0.00589. The minimum Gasteiger partial charge on any atom is -0.508 e. The van der Waals surface area contributed by atoms with E-state index in [1.54, 1.807) is 42.5 Å². The molecular formula is C25H26N4O5S. The third-order valence-corrected chi connectivity index (χ3v) is 6.74. The van der Waals surface area contributed by atoms with Gasteiger partial charge in [-0.1, -0.05) is 30.3 Å². The Morgan fingerprint density at radius 1 is 0.800 bits per heavy atom. The van der Waals surface area contributed by atoms with Gasteiger partial charge in [0, 0.05) is 25.0 Å². The zero-order chi connectivity index (χ0) is 24.8. The van der Waals surface area contributed by atoms with Crippen molar-refractivity contribution in [2.75, 3.05) is 23.3 Å². The summed E-state index contributed by atoms with van der Waals surface area (Å²) in [7, 11) is -3.99. The summed E-state index contributed by atoms with van der Waals surface area (Å²) in [5.74, 6) is 0.148. The van der Waals surface area contributed by atoms with Crippen LogP contribution in [-0.4, -0.2) is 46.9 Å². The number of hydrogen-bond donors (Lipinski definition) is 5. The van der Waals surface area contributed by atoms with Crippen LogP contribution in [0.5, 0.6) is 5.75 Å². The van der Waals surface area contributed by atoms with Crippen molar-refractivity contribution in [3.8, 4) is 5.75 Å². The van der Waals surface area contributed by atoms with Gasteiger partial charge in [-0.25, -0.2) is 18.4 Å². The maximum Gasteiger partial charge on any atom is 0.263 e. The van der Waals surface area contributed by atoms with Gasteiger partial charge in [-0.2, -0.15) is 0 Å². The molecule has 0 atom stereocenters.